The Hall–Kier alpha value is -2.12. The van der Waals surface area contributed by atoms with Crippen LogP contribution in [0.2, 0.25) is 0 Å². The van der Waals surface area contributed by atoms with Crippen LogP contribution in [-0.2, 0) is 9.59 Å². The third kappa shape index (κ3) is 8.18. The fourth-order valence-corrected chi connectivity index (χ4v) is 2.25. The lowest BCUT2D eigenvalue weighted by molar-refractivity contribution is -0.682. The van der Waals surface area contributed by atoms with Gasteiger partial charge in [-0.3, -0.25) is 4.79 Å². The van der Waals surface area contributed by atoms with Crippen molar-refractivity contribution >= 4 is 17.6 Å². The van der Waals surface area contributed by atoms with Gasteiger partial charge >= 0.3 is 0 Å². The predicted molar refractivity (Wildman–Crippen MR) is 83.2 cm³/mol. The number of hydrogen-bond donors (Lipinski definition) is 4. The Kier molecular flexibility index (Phi) is 8.71. The number of rotatable bonds is 11. The number of amides is 1. The fourth-order valence-electron chi connectivity index (χ4n) is 2.25. The largest absolute Gasteiger partial charge is 0.544 e. The average molecular weight is 324 g/mol. The number of carboxylic acid groups (broad SMARTS) is 1. The molecule has 7 heteroatoms. The molecule has 23 heavy (non-hydrogen) atoms. The van der Waals surface area contributed by atoms with Crippen LogP contribution in [-0.4, -0.2) is 36.1 Å². The first-order chi connectivity index (χ1) is 11.0. The molecule has 0 aliphatic carbocycles. The van der Waals surface area contributed by atoms with E-state index in [0.717, 1.165) is 32.2 Å². The highest BCUT2D eigenvalue weighted by molar-refractivity contribution is 5.93. The standard InChI is InChI=1S/C16H25N3O4/c17-8-3-1-2-4-9-18-14(16(22)23)11-15(21)19-12-6-5-7-13(20)10-12/h5-7,10,14,18,20H,1-4,8-9,11,17H2,(H,19,21)(H,22,23)/p+1/t14-/m0/s1. The second kappa shape index (κ2) is 10.6. The molecule has 0 spiro atoms. The molecule has 0 saturated carbocycles. The first kappa shape index (κ1) is 18.9. The maximum atomic E-state index is 11.9. The Bertz CT molecular complexity index is 508. The van der Waals surface area contributed by atoms with Crippen LogP contribution >= 0.6 is 0 Å². The van der Waals surface area contributed by atoms with Crippen molar-refractivity contribution in [2.75, 3.05) is 18.4 Å². The van der Waals surface area contributed by atoms with Gasteiger partial charge in [0.25, 0.3) is 0 Å². The van der Waals surface area contributed by atoms with E-state index in [1.807, 2.05) is 0 Å². The lowest BCUT2D eigenvalue weighted by Gasteiger charge is -2.16. The van der Waals surface area contributed by atoms with Gasteiger partial charge in [0, 0.05) is 11.8 Å². The predicted octanol–water partition coefficient (Wildman–Crippen LogP) is -1.79. The topological polar surface area (TPSA) is 134 Å². The number of unbranched alkanes of at least 4 members (excludes halogenated alkanes) is 3. The molecule has 0 aromatic heterocycles. The number of aromatic hydroxyl groups is 1. The van der Waals surface area contributed by atoms with Crippen molar-refractivity contribution < 1.29 is 30.9 Å². The first-order valence-corrected chi connectivity index (χ1v) is 7.95. The van der Waals surface area contributed by atoms with Crippen molar-refractivity contribution in [3.8, 4) is 5.75 Å². The highest BCUT2D eigenvalue weighted by atomic mass is 16.4. The lowest BCUT2D eigenvalue weighted by Crippen LogP contribution is -2.93. The molecule has 1 atom stereocenters. The number of carboxylic acids is 1. The molecule has 0 saturated heterocycles. The van der Waals surface area contributed by atoms with Gasteiger partial charge in [0.05, 0.1) is 25.5 Å². The van der Waals surface area contributed by atoms with E-state index in [-0.39, 0.29) is 12.2 Å². The van der Waals surface area contributed by atoms with E-state index >= 15 is 0 Å². The minimum atomic E-state index is -1.24. The van der Waals surface area contributed by atoms with E-state index in [1.165, 1.54) is 12.1 Å². The van der Waals surface area contributed by atoms with Crippen LogP contribution in [0.25, 0.3) is 0 Å². The minimum Gasteiger partial charge on any atom is -0.544 e. The summed E-state index contributed by atoms with van der Waals surface area (Å²) in [6.07, 6.45) is 3.93. The van der Waals surface area contributed by atoms with Gasteiger partial charge in [-0.2, -0.15) is 0 Å². The van der Waals surface area contributed by atoms with Crippen molar-refractivity contribution in [3.05, 3.63) is 24.3 Å². The molecular formula is C16H26N3O4+. The van der Waals surface area contributed by atoms with E-state index in [4.69, 9.17) is 0 Å². The summed E-state index contributed by atoms with van der Waals surface area (Å²) in [5.41, 5.74) is 4.20. The number of phenols is 1. The molecular weight excluding hydrogens is 298 g/mol. The Morgan fingerprint density at radius 3 is 2.65 bits per heavy atom. The van der Waals surface area contributed by atoms with Crippen LogP contribution in [0.15, 0.2) is 24.3 Å². The van der Waals surface area contributed by atoms with E-state index in [9.17, 15) is 19.8 Å². The summed E-state index contributed by atoms with van der Waals surface area (Å²) < 4.78 is 0. The van der Waals surface area contributed by atoms with Crippen LogP contribution in [0.1, 0.15) is 32.1 Å². The summed E-state index contributed by atoms with van der Waals surface area (Å²) >= 11 is 0. The Labute approximate surface area is 135 Å². The molecule has 1 aromatic rings. The van der Waals surface area contributed by atoms with Crippen LogP contribution in [0.3, 0.4) is 0 Å². The lowest BCUT2D eigenvalue weighted by atomic mass is 10.1. The van der Waals surface area contributed by atoms with Gasteiger partial charge in [0.1, 0.15) is 11.8 Å². The average Bonchev–Trinajstić information content (AvgIpc) is 2.49. The van der Waals surface area contributed by atoms with Gasteiger partial charge in [-0.15, -0.1) is 0 Å². The zero-order valence-electron chi connectivity index (χ0n) is 13.3. The number of phenolic OH excluding ortho intramolecular Hbond substituents is 1. The Morgan fingerprint density at radius 2 is 2.00 bits per heavy atom. The zero-order valence-corrected chi connectivity index (χ0v) is 13.3. The molecule has 1 aromatic carbocycles. The third-order valence-electron chi connectivity index (χ3n) is 3.49. The quantitative estimate of drug-likeness (QED) is 0.357. The van der Waals surface area contributed by atoms with E-state index in [2.05, 4.69) is 11.1 Å². The monoisotopic (exact) mass is 324 g/mol. The second-order valence-electron chi connectivity index (χ2n) is 5.52. The molecule has 128 valence electrons. The highest BCUT2D eigenvalue weighted by Crippen LogP contribution is 2.15. The maximum absolute atomic E-state index is 11.9. The van der Waals surface area contributed by atoms with Crippen LogP contribution in [0, 0.1) is 0 Å². The minimum absolute atomic E-state index is 0.0353. The van der Waals surface area contributed by atoms with E-state index < -0.39 is 17.9 Å². The van der Waals surface area contributed by atoms with E-state index in [0.29, 0.717) is 12.2 Å². The molecule has 0 fully saturated rings. The smallest absolute Gasteiger partial charge is 0.230 e. The molecule has 0 bridgehead atoms. The van der Waals surface area contributed by atoms with Crippen molar-refractivity contribution in [3.63, 3.8) is 0 Å². The second-order valence-corrected chi connectivity index (χ2v) is 5.52. The van der Waals surface area contributed by atoms with Gasteiger partial charge in [0.15, 0.2) is 0 Å². The van der Waals surface area contributed by atoms with Crippen molar-refractivity contribution in [1.82, 2.24) is 0 Å². The summed E-state index contributed by atoms with van der Waals surface area (Å²) in [4.78, 5) is 23.0. The Morgan fingerprint density at radius 1 is 1.26 bits per heavy atom. The number of quaternary nitrogens is 2. The number of nitrogens with one attached hydrogen (secondary N) is 1. The molecule has 1 rings (SSSR count). The van der Waals surface area contributed by atoms with Crippen molar-refractivity contribution in [2.45, 2.75) is 38.1 Å². The molecule has 0 aliphatic heterocycles. The number of anilines is 1. The summed E-state index contributed by atoms with van der Waals surface area (Å²) in [6, 6.07) is 5.21. The van der Waals surface area contributed by atoms with Gasteiger partial charge in [-0.1, -0.05) is 6.07 Å². The van der Waals surface area contributed by atoms with Crippen LogP contribution < -0.4 is 21.5 Å². The number of carbonyl (C=O) groups excluding carboxylic acids is 2. The van der Waals surface area contributed by atoms with Gasteiger partial charge in [-0.25, -0.2) is 0 Å². The molecule has 0 unspecified atom stereocenters. The zero-order chi connectivity index (χ0) is 17.1. The van der Waals surface area contributed by atoms with Gasteiger partial charge in [-0.05, 0) is 37.8 Å². The highest BCUT2D eigenvalue weighted by Gasteiger charge is 2.18. The van der Waals surface area contributed by atoms with Crippen LogP contribution in [0.4, 0.5) is 5.69 Å². The summed E-state index contributed by atoms with van der Waals surface area (Å²) in [7, 11) is 0. The SMILES string of the molecule is [NH3+]CCCCCC[NH2+][C@@H](CC(=O)Nc1cccc(O)c1)C(=O)[O-]. The molecule has 1 amide bonds. The van der Waals surface area contributed by atoms with Gasteiger partial charge < -0.3 is 31.4 Å². The van der Waals surface area contributed by atoms with Crippen LogP contribution in [0.5, 0.6) is 5.75 Å². The number of benzene rings is 1. The maximum Gasteiger partial charge on any atom is 0.230 e. The van der Waals surface area contributed by atoms with E-state index in [1.54, 1.807) is 17.4 Å². The number of nitrogens with two attached hydrogens (primary N) is 1. The number of carbonyl (C=O) groups is 2. The molecule has 7 nitrogen and oxygen atoms in total. The first-order valence-electron chi connectivity index (χ1n) is 7.95. The molecule has 0 radical (unpaired) electrons. The summed E-state index contributed by atoms with van der Waals surface area (Å²) in [5, 5.41) is 24.7. The Balaban J connectivity index is 2.36. The van der Waals surface area contributed by atoms with Crippen molar-refractivity contribution in [2.24, 2.45) is 0 Å². The number of aliphatic carboxylic acids is 1. The van der Waals surface area contributed by atoms with Gasteiger partial charge in [0.2, 0.25) is 5.91 Å². The number of hydrogen-bond acceptors (Lipinski definition) is 4. The molecule has 0 aliphatic rings. The van der Waals surface area contributed by atoms with Crippen molar-refractivity contribution in [1.29, 1.82) is 0 Å². The summed E-state index contributed by atoms with van der Waals surface area (Å²) in [6.45, 7) is 1.57. The normalized spacial score (nSPS) is 11.9. The molecule has 7 N–H and O–H groups in total. The fraction of sp³-hybridized carbons (Fsp3) is 0.500. The molecule has 0 heterocycles. The third-order valence-corrected chi connectivity index (χ3v) is 3.49. The summed E-state index contributed by atoms with van der Waals surface area (Å²) in [5.74, 6) is -1.62.